The highest BCUT2D eigenvalue weighted by Gasteiger charge is 1.94. The van der Waals surface area contributed by atoms with Crippen LogP contribution in [-0.4, -0.2) is 12.4 Å². The second-order valence-corrected chi connectivity index (χ2v) is 3.10. The van der Waals surface area contributed by atoms with Gasteiger partial charge in [0.25, 0.3) is 0 Å². The molecule has 2 heteroatoms. The normalized spacial score (nSPS) is 10.6. The molecule has 1 nitrogen and oxygen atoms in total. The fraction of sp³-hybridized carbons (Fsp3) is 0.273. The largest absolute Gasteiger partial charge is 0.489 e. The molecule has 0 N–H and O–H groups in total. The molecule has 1 aromatic carbocycles. The van der Waals surface area contributed by atoms with Gasteiger partial charge >= 0.3 is 0 Å². The van der Waals surface area contributed by atoms with E-state index in [9.17, 15) is 0 Å². The van der Waals surface area contributed by atoms with Crippen molar-refractivity contribution in [3.8, 4) is 5.75 Å². The highest BCUT2D eigenvalue weighted by molar-refractivity contribution is 7.80. The monoisotopic (exact) mass is 194 g/mol. The summed E-state index contributed by atoms with van der Waals surface area (Å²) in [5.41, 5.74) is 1.17. The Morgan fingerprint density at radius 2 is 2.08 bits per heavy atom. The van der Waals surface area contributed by atoms with Crippen LogP contribution in [0.1, 0.15) is 5.56 Å². The van der Waals surface area contributed by atoms with E-state index in [1.807, 2.05) is 43.3 Å². The van der Waals surface area contributed by atoms with Gasteiger partial charge in [-0.15, -0.1) is 0 Å². The summed E-state index contributed by atoms with van der Waals surface area (Å²) in [5.74, 6) is 1.71. The highest BCUT2D eigenvalue weighted by atomic mass is 32.1. The molecule has 0 atom stereocenters. The number of hydrogen-bond donors (Lipinski definition) is 1. The van der Waals surface area contributed by atoms with Gasteiger partial charge in [0.1, 0.15) is 12.4 Å². The number of aryl methyl sites for hydroxylation is 1. The van der Waals surface area contributed by atoms with Crippen LogP contribution < -0.4 is 4.74 Å². The smallest absolute Gasteiger partial charge is 0.122 e. The highest BCUT2D eigenvalue weighted by Crippen LogP contribution is 2.15. The molecule has 1 rings (SSSR count). The van der Waals surface area contributed by atoms with Crippen LogP contribution in [0.25, 0.3) is 0 Å². The molecule has 0 unspecified atom stereocenters. The Bertz CT molecular complexity index is 281. The van der Waals surface area contributed by atoms with Gasteiger partial charge in [0.15, 0.2) is 0 Å². The molecule has 0 saturated carbocycles. The molecule has 1 aromatic rings. The first-order valence-electron chi connectivity index (χ1n) is 4.29. The summed E-state index contributed by atoms with van der Waals surface area (Å²) in [4.78, 5) is 0. The molecule has 0 spiro atoms. The second kappa shape index (κ2) is 5.70. The third-order valence-corrected chi connectivity index (χ3v) is 1.91. The Morgan fingerprint density at radius 1 is 1.31 bits per heavy atom. The number of para-hydroxylation sites is 1. The Morgan fingerprint density at radius 3 is 2.77 bits per heavy atom. The first-order chi connectivity index (χ1) is 6.34. The van der Waals surface area contributed by atoms with Gasteiger partial charge < -0.3 is 4.74 Å². The maximum Gasteiger partial charge on any atom is 0.122 e. The number of benzene rings is 1. The van der Waals surface area contributed by atoms with Crippen LogP contribution in [0.15, 0.2) is 36.4 Å². The van der Waals surface area contributed by atoms with Gasteiger partial charge in [-0.2, -0.15) is 12.6 Å². The van der Waals surface area contributed by atoms with Crippen molar-refractivity contribution in [3.63, 3.8) is 0 Å². The minimum atomic E-state index is 0.616. The average Bonchev–Trinajstić information content (AvgIpc) is 2.15. The minimum absolute atomic E-state index is 0.616. The summed E-state index contributed by atoms with van der Waals surface area (Å²) in [5, 5.41) is 0. The third kappa shape index (κ3) is 3.55. The zero-order valence-electron chi connectivity index (χ0n) is 7.73. The van der Waals surface area contributed by atoms with Crippen LogP contribution in [0, 0.1) is 6.92 Å². The van der Waals surface area contributed by atoms with Crippen LogP contribution in [0.4, 0.5) is 0 Å². The topological polar surface area (TPSA) is 9.23 Å². The van der Waals surface area contributed by atoms with Crippen molar-refractivity contribution in [1.29, 1.82) is 0 Å². The van der Waals surface area contributed by atoms with E-state index in [4.69, 9.17) is 4.74 Å². The zero-order valence-corrected chi connectivity index (χ0v) is 8.63. The maximum absolute atomic E-state index is 5.52. The molecule has 0 aliphatic heterocycles. The van der Waals surface area contributed by atoms with Crippen molar-refractivity contribution in [2.75, 3.05) is 12.4 Å². The van der Waals surface area contributed by atoms with E-state index in [-0.39, 0.29) is 0 Å². The molecule has 0 heterocycles. The minimum Gasteiger partial charge on any atom is -0.489 e. The van der Waals surface area contributed by atoms with Crippen molar-refractivity contribution < 1.29 is 4.74 Å². The van der Waals surface area contributed by atoms with Gasteiger partial charge in [-0.1, -0.05) is 30.4 Å². The zero-order chi connectivity index (χ0) is 9.52. The van der Waals surface area contributed by atoms with Crippen molar-refractivity contribution in [2.24, 2.45) is 0 Å². The summed E-state index contributed by atoms with van der Waals surface area (Å²) in [6.07, 6.45) is 3.95. The van der Waals surface area contributed by atoms with Gasteiger partial charge in [0.05, 0.1) is 0 Å². The molecule has 0 radical (unpaired) electrons. The molecule has 0 amide bonds. The van der Waals surface area contributed by atoms with E-state index in [0.717, 1.165) is 11.5 Å². The Labute approximate surface area is 84.8 Å². The predicted octanol–water partition coefficient (Wildman–Crippen LogP) is 2.86. The van der Waals surface area contributed by atoms with Crippen molar-refractivity contribution in [1.82, 2.24) is 0 Å². The third-order valence-electron chi connectivity index (χ3n) is 1.70. The summed E-state index contributed by atoms with van der Waals surface area (Å²) in [7, 11) is 0. The molecule has 0 bridgehead atoms. The van der Waals surface area contributed by atoms with Crippen molar-refractivity contribution in [2.45, 2.75) is 6.92 Å². The lowest BCUT2D eigenvalue weighted by Crippen LogP contribution is -1.94. The van der Waals surface area contributed by atoms with Crippen molar-refractivity contribution in [3.05, 3.63) is 42.0 Å². The van der Waals surface area contributed by atoms with E-state index in [2.05, 4.69) is 12.6 Å². The molecular weight excluding hydrogens is 180 g/mol. The van der Waals surface area contributed by atoms with E-state index in [0.29, 0.717) is 6.61 Å². The van der Waals surface area contributed by atoms with E-state index in [1.54, 1.807) is 0 Å². The fourth-order valence-corrected chi connectivity index (χ4v) is 1.15. The first kappa shape index (κ1) is 10.2. The number of hydrogen-bond acceptors (Lipinski definition) is 2. The molecule has 0 aromatic heterocycles. The second-order valence-electron chi connectivity index (χ2n) is 2.73. The maximum atomic E-state index is 5.52. The van der Waals surface area contributed by atoms with E-state index >= 15 is 0 Å². The quantitative estimate of drug-likeness (QED) is 0.573. The van der Waals surface area contributed by atoms with E-state index in [1.165, 1.54) is 5.56 Å². The van der Waals surface area contributed by atoms with Gasteiger partial charge in [0.2, 0.25) is 0 Å². The fourth-order valence-electron chi connectivity index (χ4n) is 0.999. The first-order valence-corrected chi connectivity index (χ1v) is 4.92. The van der Waals surface area contributed by atoms with Gasteiger partial charge in [0, 0.05) is 5.75 Å². The van der Waals surface area contributed by atoms with Crippen LogP contribution >= 0.6 is 12.6 Å². The summed E-state index contributed by atoms with van der Waals surface area (Å²) < 4.78 is 5.52. The SMILES string of the molecule is Cc1ccccc1OCC=CCS. The Balaban J connectivity index is 2.45. The van der Waals surface area contributed by atoms with Crippen LogP contribution in [-0.2, 0) is 0 Å². The van der Waals surface area contributed by atoms with Gasteiger partial charge in [-0.3, -0.25) is 0 Å². The van der Waals surface area contributed by atoms with Crippen molar-refractivity contribution >= 4 is 12.6 Å². The predicted molar refractivity (Wildman–Crippen MR) is 59.7 cm³/mol. The van der Waals surface area contributed by atoms with Crippen LogP contribution in [0.5, 0.6) is 5.75 Å². The molecule has 13 heavy (non-hydrogen) atoms. The van der Waals surface area contributed by atoms with Gasteiger partial charge in [-0.25, -0.2) is 0 Å². The van der Waals surface area contributed by atoms with E-state index < -0.39 is 0 Å². The number of ether oxygens (including phenoxy) is 1. The summed E-state index contributed by atoms with van der Waals surface area (Å²) >= 11 is 4.06. The number of thiol groups is 1. The molecule has 0 aliphatic carbocycles. The summed E-state index contributed by atoms with van der Waals surface area (Å²) in [6.45, 7) is 2.66. The summed E-state index contributed by atoms with van der Waals surface area (Å²) in [6, 6.07) is 8.00. The Kier molecular flexibility index (Phi) is 4.47. The Hall–Kier alpha value is -0.890. The van der Waals surface area contributed by atoms with Crippen LogP contribution in [0.3, 0.4) is 0 Å². The molecule has 0 saturated heterocycles. The molecule has 70 valence electrons. The molecule has 0 aliphatic rings. The standard InChI is InChI=1S/C11H14OS/c1-10-6-2-3-7-11(10)12-8-4-5-9-13/h2-7,13H,8-9H2,1H3. The number of rotatable bonds is 4. The lowest BCUT2D eigenvalue weighted by Gasteiger charge is -2.05. The van der Waals surface area contributed by atoms with Gasteiger partial charge in [-0.05, 0) is 18.6 Å². The molecule has 0 fully saturated rings. The molecular formula is C11H14OS. The lowest BCUT2D eigenvalue weighted by molar-refractivity contribution is 0.360. The lowest BCUT2D eigenvalue weighted by atomic mass is 10.2. The average molecular weight is 194 g/mol. The van der Waals surface area contributed by atoms with Crippen LogP contribution in [0.2, 0.25) is 0 Å².